The van der Waals surface area contributed by atoms with Crippen molar-refractivity contribution in [1.82, 2.24) is 14.6 Å². The topological polar surface area (TPSA) is 85.3 Å². The summed E-state index contributed by atoms with van der Waals surface area (Å²) in [6, 6.07) is 2.04. The molecule has 0 aliphatic rings. The van der Waals surface area contributed by atoms with Crippen molar-refractivity contribution in [1.29, 1.82) is 0 Å². The lowest BCUT2D eigenvalue weighted by atomic mass is 10.1. The number of anilines is 1. The number of amides is 1. The van der Waals surface area contributed by atoms with Crippen LogP contribution < -0.4 is 11.1 Å². The summed E-state index contributed by atoms with van der Waals surface area (Å²) in [7, 11) is 0. The summed E-state index contributed by atoms with van der Waals surface area (Å²) in [5.74, 6) is 0.883. The average Bonchev–Trinajstić information content (AvgIpc) is 2.79. The number of hydrogen-bond donors (Lipinski definition) is 2. The van der Waals surface area contributed by atoms with Crippen LogP contribution in [0.4, 0.5) is 5.82 Å². The summed E-state index contributed by atoms with van der Waals surface area (Å²) in [6.07, 6.45) is 4.62. The zero-order valence-corrected chi connectivity index (χ0v) is 11.3. The number of rotatable bonds is 6. The molecular formula is C13H19N5O. The molecule has 19 heavy (non-hydrogen) atoms. The van der Waals surface area contributed by atoms with E-state index < -0.39 is 0 Å². The van der Waals surface area contributed by atoms with Crippen molar-refractivity contribution in [2.45, 2.75) is 32.6 Å². The van der Waals surface area contributed by atoms with Crippen molar-refractivity contribution in [3.63, 3.8) is 0 Å². The highest BCUT2D eigenvalue weighted by atomic mass is 16.1. The summed E-state index contributed by atoms with van der Waals surface area (Å²) < 4.78 is 1.82. The molecule has 0 radical (unpaired) electrons. The van der Waals surface area contributed by atoms with Crippen molar-refractivity contribution in [3.8, 4) is 0 Å². The lowest BCUT2D eigenvalue weighted by Crippen LogP contribution is -2.13. The third kappa shape index (κ3) is 3.21. The molecular weight excluding hydrogens is 242 g/mol. The largest absolute Gasteiger partial charge is 0.370 e. The van der Waals surface area contributed by atoms with Gasteiger partial charge in [-0.15, -0.1) is 0 Å². The molecule has 0 saturated carbocycles. The number of hydrogen-bond acceptors (Lipinski definition) is 4. The number of aromatic nitrogens is 3. The molecule has 1 amide bonds. The summed E-state index contributed by atoms with van der Waals surface area (Å²) in [6.45, 7) is 4.88. The molecule has 0 saturated heterocycles. The van der Waals surface area contributed by atoms with Gasteiger partial charge >= 0.3 is 0 Å². The fourth-order valence-electron chi connectivity index (χ4n) is 1.83. The Hall–Kier alpha value is -2.11. The highest BCUT2D eigenvalue weighted by Crippen LogP contribution is 2.19. The molecule has 2 aromatic rings. The molecule has 0 bridgehead atoms. The second-order valence-electron chi connectivity index (χ2n) is 4.83. The Labute approximate surface area is 112 Å². The molecule has 0 atom stereocenters. The smallest absolute Gasteiger partial charge is 0.217 e. The van der Waals surface area contributed by atoms with Crippen LogP contribution in [-0.4, -0.2) is 27.0 Å². The average molecular weight is 261 g/mol. The molecule has 6 nitrogen and oxygen atoms in total. The Bertz CT molecular complexity index is 575. The normalized spacial score (nSPS) is 11.1. The minimum atomic E-state index is -0.278. The van der Waals surface area contributed by atoms with Gasteiger partial charge in [-0.05, 0) is 18.4 Å². The van der Waals surface area contributed by atoms with Gasteiger partial charge in [0, 0.05) is 25.4 Å². The van der Waals surface area contributed by atoms with Crippen LogP contribution in [0.3, 0.4) is 0 Å². The van der Waals surface area contributed by atoms with Crippen LogP contribution in [0.25, 0.3) is 5.52 Å². The van der Waals surface area contributed by atoms with Crippen LogP contribution in [0.15, 0.2) is 18.5 Å². The molecule has 0 aromatic carbocycles. The fraction of sp³-hybridized carbons (Fsp3) is 0.462. The van der Waals surface area contributed by atoms with E-state index in [9.17, 15) is 4.79 Å². The van der Waals surface area contributed by atoms with Gasteiger partial charge in [-0.25, -0.2) is 9.50 Å². The van der Waals surface area contributed by atoms with Gasteiger partial charge in [0.15, 0.2) is 5.82 Å². The van der Waals surface area contributed by atoms with E-state index in [0.29, 0.717) is 25.3 Å². The van der Waals surface area contributed by atoms with Gasteiger partial charge in [0.05, 0.1) is 5.69 Å². The van der Waals surface area contributed by atoms with Crippen LogP contribution in [0.2, 0.25) is 0 Å². The van der Waals surface area contributed by atoms with Gasteiger partial charge in [-0.1, -0.05) is 13.8 Å². The number of nitrogens with zero attached hydrogens (tertiary/aromatic N) is 3. The van der Waals surface area contributed by atoms with Crippen molar-refractivity contribution >= 4 is 17.2 Å². The summed E-state index contributed by atoms with van der Waals surface area (Å²) in [5.41, 5.74) is 7.09. The van der Waals surface area contributed by atoms with E-state index in [4.69, 9.17) is 5.73 Å². The van der Waals surface area contributed by atoms with E-state index in [1.54, 1.807) is 6.20 Å². The van der Waals surface area contributed by atoms with Gasteiger partial charge in [0.1, 0.15) is 5.52 Å². The number of primary amides is 1. The molecule has 0 aliphatic carbocycles. The van der Waals surface area contributed by atoms with E-state index in [-0.39, 0.29) is 5.91 Å². The predicted molar refractivity (Wildman–Crippen MR) is 74.0 cm³/mol. The highest BCUT2D eigenvalue weighted by molar-refractivity contribution is 5.73. The van der Waals surface area contributed by atoms with Crippen LogP contribution in [0.1, 0.15) is 38.3 Å². The second-order valence-corrected chi connectivity index (χ2v) is 4.83. The monoisotopic (exact) mass is 261 g/mol. The Morgan fingerprint density at radius 2 is 2.32 bits per heavy atom. The lowest BCUT2D eigenvalue weighted by molar-refractivity contribution is -0.118. The summed E-state index contributed by atoms with van der Waals surface area (Å²) in [4.78, 5) is 15.0. The predicted octanol–water partition coefficient (Wildman–Crippen LogP) is 1.53. The van der Waals surface area contributed by atoms with E-state index >= 15 is 0 Å². The molecule has 2 heterocycles. The first-order valence-corrected chi connectivity index (χ1v) is 6.44. The molecule has 0 fully saturated rings. The zero-order valence-electron chi connectivity index (χ0n) is 11.3. The number of nitrogens with one attached hydrogen (secondary N) is 1. The van der Waals surface area contributed by atoms with E-state index in [0.717, 1.165) is 17.0 Å². The Morgan fingerprint density at radius 1 is 1.53 bits per heavy atom. The standard InChI is InChI=1S/C13H19N5O/c1-9(2)10-8-11-13(15-5-3-4-12(14)19)16-6-7-18(11)17-10/h6-9H,3-5H2,1-2H3,(H2,14,19)(H,15,16). The molecule has 0 unspecified atom stereocenters. The van der Waals surface area contributed by atoms with E-state index in [1.165, 1.54) is 0 Å². The molecule has 0 spiro atoms. The van der Waals surface area contributed by atoms with Gasteiger partial charge in [-0.2, -0.15) is 5.10 Å². The maximum Gasteiger partial charge on any atom is 0.217 e. The van der Waals surface area contributed by atoms with Crippen LogP contribution in [0.5, 0.6) is 0 Å². The minimum Gasteiger partial charge on any atom is -0.370 e. The first-order valence-electron chi connectivity index (χ1n) is 6.44. The molecule has 6 heteroatoms. The van der Waals surface area contributed by atoms with Gasteiger partial charge in [0.25, 0.3) is 0 Å². The number of carbonyl (C=O) groups excluding carboxylic acids is 1. The van der Waals surface area contributed by atoms with Gasteiger partial charge < -0.3 is 11.1 Å². The third-order valence-electron chi connectivity index (χ3n) is 2.89. The molecule has 3 N–H and O–H groups in total. The number of carbonyl (C=O) groups is 1. The van der Waals surface area contributed by atoms with Gasteiger partial charge in [0.2, 0.25) is 5.91 Å². The Balaban J connectivity index is 2.12. The van der Waals surface area contributed by atoms with Crippen LogP contribution in [-0.2, 0) is 4.79 Å². The number of fused-ring (bicyclic) bond motifs is 1. The quantitative estimate of drug-likeness (QED) is 0.772. The van der Waals surface area contributed by atoms with Crippen molar-refractivity contribution in [2.24, 2.45) is 5.73 Å². The van der Waals surface area contributed by atoms with Gasteiger partial charge in [-0.3, -0.25) is 4.79 Å². The maximum absolute atomic E-state index is 10.7. The highest BCUT2D eigenvalue weighted by Gasteiger charge is 2.09. The lowest BCUT2D eigenvalue weighted by Gasteiger charge is -2.05. The minimum absolute atomic E-state index is 0.278. The van der Waals surface area contributed by atoms with Crippen molar-refractivity contribution in [3.05, 3.63) is 24.2 Å². The zero-order chi connectivity index (χ0) is 13.8. The van der Waals surface area contributed by atoms with Crippen molar-refractivity contribution in [2.75, 3.05) is 11.9 Å². The van der Waals surface area contributed by atoms with Crippen molar-refractivity contribution < 1.29 is 4.79 Å². The first kappa shape index (κ1) is 13.3. The SMILES string of the molecule is CC(C)c1cc2c(NCCCC(N)=O)nccn2n1. The van der Waals surface area contributed by atoms with Crippen LogP contribution >= 0.6 is 0 Å². The Kier molecular flexibility index (Phi) is 3.99. The second kappa shape index (κ2) is 5.69. The van der Waals surface area contributed by atoms with E-state index in [1.807, 2.05) is 16.8 Å². The fourth-order valence-corrected chi connectivity index (χ4v) is 1.83. The maximum atomic E-state index is 10.7. The van der Waals surface area contributed by atoms with Crippen LogP contribution in [0, 0.1) is 0 Å². The summed E-state index contributed by atoms with van der Waals surface area (Å²) in [5, 5.41) is 7.71. The molecule has 0 aliphatic heterocycles. The molecule has 2 rings (SSSR count). The Morgan fingerprint density at radius 3 is 3.00 bits per heavy atom. The first-order chi connectivity index (χ1) is 9.08. The molecule has 2 aromatic heterocycles. The third-order valence-corrected chi connectivity index (χ3v) is 2.89. The number of nitrogens with two attached hydrogens (primary N) is 1. The summed E-state index contributed by atoms with van der Waals surface area (Å²) >= 11 is 0. The van der Waals surface area contributed by atoms with E-state index in [2.05, 4.69) is 29.2 Å². The molecule has 102 valence electrons.